The summed E-state index contributed by atoms with van der Waals surface area (Å²) in [5, 5.41) is 1.36. The molecule has 0 spiro atoms. The van der Waals surface area contributed by atoms with E-state index < -0.39 is 5.54 Å². The van der Waals surface area contributed by atoms with E-state index in [4.69, 9.17) is 10.5 Å². The van der Waals surface area contributed by atoms with Gasteiger partial charge in [-0.25, -0.2) is 0 Å². The first-order valence-corrected chi connectivity index (χ1v) is 7.61. The average molecular weight is 257 g/mol. The Labute approximate surface area is 108 Å². The van der Waals surface area contributed by atoms with Crippen molar-refractivity contribution in [1.29, 1.82) is 0 Å². The zero-order valence-electron chi connectivity index (χ0n) is 10.6. The van der Waals surface area contributed by atoms with Crippen LogP contribution in [0.1, 0.15) is 51.4 Å². The monoisotopic (exact) mass is 257 g/mol. The van der Waals surface area contributed by atoms with Crippen LogP contribution in [-0.2, 0) is 9.53 Å². The highest BCUT2D eigenvalue weighted by atomic mass is 32.2. The number of carbonyl (C=O) groups is 1. The van der Waals surface area contributed by atoms with E-state index in [9.17, 15) is 4.79 Å². The van der Waals surface area contributed by atoms with E-state index in [1.807, 2.05) is 0 Å². The number of rotatable bonds is 3. The van der Waals surface area contributed by atoms with Crippen LogP contribution in [-0.4, -0.2) is 29.1 Å². The lowest BCUT2D eigenvalue weighted by Gasteiger charge is -2.25. The fraction of sp³-hybridized carbons (Fsp3) is 0.923. The van der Waals surface area contributed by atoms with Gasteiger partial charge in [0, 0.05) is 10.5 Å². The summed E-state index contributed by atoms with van der Waals surface area (Å²) in [7, 11) is 1.43. The van der Waals surface area contributed by atoms with E-state index in [1.54, 1.807) is 0 Å². The number of carbonyl (C=O) groups excluding carboxylic acids is 1. The van der Waals surface area contributed by atoms with Crippen LogP contribution in [0.3, 0.4) is 0 Å². The molecule has 0 heterocycles. The van der Waals surface area contributed by atoms with E-state index in [2.05, 4.69) is 11.8 Å². The molecule has 98 valence electrons. The molecule has 2 fully saturated rings. The van der Waals surface area contributed by atoms with Crippen LogP contribution in [0.5, 0.6) is 0 Å². The van der Waals surface area contributed by atoms with Gasteiger partial charge in [-0.3, -0.25) is 4.79 Å². The predicted molar refractivity (Wildman–Crippen MR) is 71.0 cm³/mol. The minimum absolute atomic E-state index is 0.232. The highest BCUT2D eigenvalue weighted by Crippen LogP contribution is 2.41. The average Bonchev–Trinajstić information content (AvgIpc) is 2.72. The fourth-order valence-electron chi connectivity index (χ4n) is 3.01. The van der Waals surface area contributed by atoms with Gasteiger partial charge in [0.05, 0.1) is 7.11 Å². The minimum atomic E-state index is -0.707. The summed E-state index contributed by atoms with van der Waals surface area (Å²) in [5.41, 5.74) is 5.41. The Bertz CT molecular complexity index is 279. The van der Waals surface area contributed by atoms with Gasteiger partial charge >= 0.3 is 5.97 Å². The molecule has 0 aliphatic heterocycles. The lowest BCUT2D eigenvalue weighted by molar-refractivity contribution is -0.146. The molecule has 2 atom stereocenters. The summed E-state index contributed by atoms with van der Waals surface area (Å²) < 4.78 is 4.80. The van der Waals surface area contributed by atoms with Crippen molar-refractivity contribution >= 4 is 17.7 Å². The molecular weight excluding hydrogens is 234 g/mol. The molecule has 0 aromatic heterocycles. The van der Waals surface area contributed by atoms with Crippen molar-refractivity contribution in [1.82, 2.24) is 0 Å². The van der Waals surface area contributed by atoms with Crippen LogP contribution >= 0.6 is 11.8 Å². The number of ether oxygens (including phenoxy) is 1. The summed E-state index contributed by atoms with van der Waals surface area (Å²) in [6, 6.07) is 0. The van der Waals surface area contributed by atoms with Crippen molar-refractivity contribution < 1.29 is 9.53 Å². The SMILES string of the molecule is COC(=O)C1(N)CCC(SC2CCCCC2)C1. The van der Waals surface area contributed by atoms with Crippen LogP contribution < -0.4 is 5.73 Å². The predicted octanol–water partition coefficient (Wildman–Crippen LogP) is 2.48. The maximum absolute atomic E-state index is 11.6. The molecule has 17 heavy (non-hydrogen) atoms. The number of hydrogen-bond acceptors (Lipinski definition) is 4. The maximum Gasteiger partial charge on any atom is 0.325 e. The number of esters is 1. The molecule has 0 radical (unpaired) electrons. The Morgan fingerprint density at radius 1 is 1.24 bits per heavy atom. The summed E-state index contributed by atoms with van der Waals surface area (Å²) in [6.45, 7) is 0. The van der Waals surface area contributed by atoms with E-state index in [0.717, 1.165) is 24.5 Å². The molecular formula is C13H23NO2S. The van der Waals surface area contributed by atoms with Gasteiger partial charge in [0.25, 0.3) is 0 Å². The van der Waals surface area contributed by atoms with Crippen LogP contribution in [0.15, 0.2) is 0 Å². The van der Waals surface area contributed by atoms with Crippen molar-refractivity contribution in [2.24, 2.45) is 5.73 Å². The van der Waals surface area contributed by atoms with Crippen molar-refractivity contribution in [3.63, 3.8) is 0 Å². The lowest BCUT2D eigenvalue weighted by Crippen LogP contribution is -2.46. The number of thioether (sulfide) groups is 1. The van der Waals surface area contributed by atoms with Crippen LogP contribution in [0.2, 0.25) is 0 Å². The van der Waals surface area contributed by atoms with E-state index in [0.29, 0.717) is 5.25 Å². The van der Waals surface area contributed by atoms with Crippen molar-refractivity contribution in [2.45, 2.75) is 67.4 Å². The largest absolute Gasteiger partial charge is 0.468 e. The highest BCUT2D eigenvalue weighted by molar-refractivity contribution is 8.00. The zero-order valence-corrected chi connectivity index (χ0v) is 11.4. The van der Waals surface area contributed by atoms with Gasteiger partial charge in [-0.2, -0.15) is 11.8 Å². The molecule has 2 saturated carbocycles. The van der Waals surface area contributed by atoms with E-state index in [1.165, 1.54) is 39.2 Å². The van der Waals surface area contributed by atoms with Gasteiger partial charge in [-0.05, 0) is 32.1 Å². The zero-order chi connectivity index (χ0) is 12.3. The first-order chi connectivity index (χ1) is 8.14. The lowest BCUT2D eigenvalue weighted by atomic mass is 10.00. The second-order valence-electron chi connectivity index (χ2n) is 5.41. The quantitative estimate of drug-likeness (QED) is 0.789. The van der Waals surface area contributed by atoms with E-state index in [-0.39, 0.29) is 5.97 Å². The summed E-state index contributed by atoms with van der Waals surface area (Å²) in [4.78, 5) is 11.6. The summed E-state index contributed by atoms with van der Waals surface area (Å²) in [5.74, 6) is -0.232. The second kappa shape index (κ2) is 5.61. The summed E-state index contributed by atoms with van der Waals surface area (Å²) >= 11 is 2.07. The van der Waals surface area contributed by atoms with Gasteiger partial charge in [0.1, 0.15) is 5.54 Å². The van der Waals surface area contributed by atoms with Gasteiger partial charge in [0.2, 0.25) is 0 Å². The molecule has 2 N–H and O–H groups in total. The molecule has 0 aromatic rings. The highest BCUT2D eigenvalue weighted by Gasteiger charge is 2.43. The molecule has 2 unspecified atom stereocenters. The standard InChI is InChI=1S/C13H23NO2S/c1-16-12(15)13(14)8-7-11(9-13)17-10-5-3-2-4-6-10/h10-11H,2-9,14H2,1H3. The molecule has 0 bridgehead atoms. The molecule has 4 heteroatoms. The van der Waals surface area contributed by atoms with Crippen LogP contribution in [0.25, 0.3) is 0 Å². The Morgan fingerprint density at radius 3 is 2.59 bits per heavy atom. The number of hydrogen-bond donors (Lipinski definition) is 1. The van der Waals surface area contributed by atoms with Crippen LogP contribution in [0, 0.1) is 0 Å². The molecule has 0 saturated heterocycles. The van der Waals surface area contributed by atoms with Crippen molar-refractivity contribution in [2.75, 3.05) is 7.11 Å². The molecule has 2 rings (SSSR count). The molecule has 2 aliphatic rings. The van der Waals surface area contributed by atoms with Gasteiger partial charge in [-0.1, -0.05) is 19.3 Å². The van der Waals surface area contributed by atoms with Crippen molar-refractivity contribution in [3.8, 4) is 0 Å². The first-order valence-electron chi connectivity index (χ1n) is 6.67. The minimum Gasteiger partial charge on any atom is -0.468 e. The van der Waals surface area contributed by atoms with Gasteiger partial charge < -0.3 is 10.5 Å². The molecule has 2 aliphatic carbocycles. The smallest absolute Gasteiger partial charge is 0.325 e. The second-order valence-corrected chi connectivity index (χ2v) is 7.01. The third kappa shape index (κ3) is 3.16. The Hall–Kier alpha value is -0.220. The normalized spacial score (nSPS) is 34.8. The number of methoxy groups -OCH3 is 1. The third-order valence-electron chi connectivity index (χ3n) is 4.03. The first kappa shape index (κ1) is 13.2. The third-order valence-corrected chi connectivity index (χ3v) is 5.68. The Morgan fingerprint density at radius 2 is 1.94 bits per heavy atom. The molecule has 0 aromatic carbocycles. The molecule has 0 amide bonds. The summed E-state index contributed by atoms with van der Waals surface area (Å²) in [6.07, 6.45) is 9.46. The Balaban J connectivity index is 1.82. The van der Waals surface area contributed by atoms with E-state index >= 15 is 0 Å². The number of nitrogens with two attached hydrogens (primary N) is 1. The maximum atomic E-state index is 11.6. The van der Waals surface area contributed by atoms with Gasteiger partial charge in [0.15, 0.2) is 0 Å². The van der Waals surface area contributed by atoms with Crippen LogP contribution in [0.4, 0.5) is 0 Å². The van der Waals surface area contributed by atoms with Crippen molar-refractivity contribution in [3.05, 3.63) is 0 Å². The molecule has 3 nitrogen and oxygen atoms in total. The Kier molecular flexibility index (Phi) is 4.36. The van der Waals surface area contributed by atoms with Gasteiger partial charge in [-0.15, -0.1) is 0 Å². The topological polar surface area (TPSA) is 52.3 Å². The fourth-order valence-corrected chi connectivity index (χ4v) is 4.80.